The molecule has 0 spiro atoms. The molecule has 0 aliphatic heterocycles. The van der Waals surface area contributed by atoms with E-state index in [4.69, 9.17) is 5.73 Å². The quantitative estimate of drug-likeness (QED) is 0.783. The summed E-state index contributed by atoms with van der Waals surface area (Å²) in [5.41, 5.74) is 5.49. The van der Waals surface area contributed by atoms with Gasteiger partial charge in [0.2, 0.25) is 5.91 Å². The summed E-state index contributed by atoms with van der Waals surface area (Å²) in [6.45, 7) is 2.14. The molecular formula is C16H22N2O3. The first-order chi connectivity index (χ1) is 9.96. The third kappa shape index (κ3) is 3.61. The second kappa shape index (κ2) is 6.26. The zero-order chi connectivity index (χ0) is 15.5. The summed E-state index contributed by atoms with van der Waals surface area (Å²) in [6, 6.07) is 6.22. The lowest BCUT2D eigenvalue weighted by Crippen LogP contribution is -2.53. The molecule has 1 aliphatic carbocycles. The lowest BCUT2D eigenvalue weighted by Gasteiger charge is -2.38. The van der Waals surface area contributed by atoms with Crippen LogP contribution in [0.4, 0.5) is 0 Å². The van der Waals surface area contributed by atoms with E-state index >= 15 is 0 Å². The van der Waals surface area contributed by atoms with Crippen molar-refractivity contribution in [2.24, 2.45) is 11.7 Å². The molecule has 2 amide bonds. The summed E-state index contributed by atoms with van der Waals surface area (Å²) >= 11 is 0. The highest BCUT2D eigenvalue weighted by atomic mass is 16.3. The SMILES string of the molecule is CC1CCC(CO)(NC(=O)c2ccc(C(N)=O)cc2)CC1. The Morgan fingerprint density at radius 1 is 1.24 bits per heavy atom. The number of rotatable bonds is 4. The molecule has 1 saturated carbocycles. The normalized spacial score (nSPS) is 25.3. The first-order valence-electron chi connectivity index (χ1n) is 7.29. The Labute approximate surface area is 124 Å². The fourth-order valence-electron chi connectivity index (χ4n) is 2.74. The van der Waals surface area contributed by atoms with Gasteiger partial charge in [-0.3, -0.25) is 9.59 Å². The number of nitrogens with two attached hydrogens (primary N) is 1. The lowest BCUT2D eigenvalue weighted by atomic mass is 9.77. The van der Waals surface area contributed by atoms with E-state index in [2.05, 4.69) is 12.2 Å². The molecular weight excluding hydrogens is 268 g/mol. The predicted molar refractivity (Wildman–Crippen MR) is 79.9 cm³/mol. The largest absolute Gasteiger partial charge is 0.394 e. The number of hydrogen-bond donors (Lipinski definition) is 3. The molecule has 1 aliphatic rings. The van der Waals surface area contributed by atoms with Gasteiger partial charge in [0, 0.05) is 11.1 Å². The number of aliphatic hydroxyl groups excluding tert-OH is 1. The fraction of sp³-hybridized carbons (Fsp3) is 0.500. The average molecular weight is 290 g/mol. The van der Waals surface area contributed by atoms with Crippen molar-refractivity contribution < 1.29 is 14.7 Å². The molecule has 2 rings (SSSR count). The van der Waals surface area contributed by atoms with E-state index in [9.17, 15) is 14.7 Å². The summed E-state index contributed by atoms with van der Waals surface area (Å²) in [4.78, 5) is 23.3. The molecule has 21 heavy (non-hydrogen) atoms. The highest BCUT2D eigenvalue weighted by molar-refractivity contribution is 5.97. The van der Waals surface area contributed by atoms with Gasteiger partial charge in [-0.1, -0.05) is 6.92 Å². The van der Waals surface area contributed by atoms with Crippen LogP contribution in [-0.4, -0.2) is 29.1 Å². The second-order valence-electron chi connectivity index (χ2n) is 6.02. The number of amides is 2. The number of carbonyl (C=O) groups is 2. The number of nitrogens with one attached hydrogen (secondary N) is 1. The molecule has 5 heteroatoms. The van der Waals surface area contributed by atoms with Gasteiger partial charge in [0.1, 0.15) is 0 Å². The van der Waals surface area contributed by atoms with E-state index in [0.29, 0.717) is 17.0 Å². The van der Waals surface area contributed by atoms with Gasteiger partial charge in [-0.15, -0.1) is 0 Å². The van der Waals surface area contributed by atoms with Crippen LogP contribution in [0.3, 0.4) is 0 Å². The van der Waals surface area contributed by atoms with Crippen molar-refractivity contribution in [1.82, 2.24) is 5.32 Å². The van der Waals surface area contributed by atoms with Gasteiger partial charge >= 0.3 is 0 Å². The number of benzene rings is 1. The van der Waals surface area contributed by atoms with Gasteiger partial charge in [-0.25, -0.2) is 0 Å². The van der Waals surface area contributed by atoms with Crippen molar-refractivity contribution in [2.75, 3.05) is 6.61 Å². The molecule has 0 unspecified atom stereocenters. The Hall–Kier alpha value is -1.88. The highest BCUT2D eigenvalue weighted by Gasteiger charge is 2.35. The molecule has 0 atom stereocenters. The molecule has 4 N–H and O–H groups in total. The Bertz CT molecular complexity index is 517. The van der Waals surface area contributed by atoms with E-state index in [0.717, 1.165) is 25.7 Å². The van der Waals surface area contributed by atoms with Gasteiger partial charge in [-0.2, -0.15) is 0 Å². The van der Waals surface area contributed by atoms with Crippen molar-refractivity contribution >= 4 is 11.8 Å². The molecule has 1 fully saturated rings. The maximum atomic E-state index is 12.3. The molecule has 5 nitrogen and oxygen atoms in total. The summed E-state index contributed by atoms with van der Waals surface area (Å²) < 4.78 is 0. The van der Waals surface area contributed by atoms with Crippen molar-refractivity contribution in [2.45, 2.75) is 38.1 Å². The second-order valence-corrected chi connectivity index (χ2v) is 6.02. The fourth-order valence-corrected chi connectivity index (χ4v) is 2.74. The van der Waals surface area contributed by atoms with Crippen LogP contribution < -0.4 is 11.1 Å². The molecule has 0 radical (unpaired) electrons. The minimum absolute atomic E-state index is 0.0508. The highest BCUT2D eigenvalue weighted by Crippen LogP contribution is 2.31. The van der Waals surface area contributed by atoms with E-state index in [1.54, 1.807) is 12.1 Å². The van der Waals surface area contributed by atoms with Crippen LogP contribution in [0.25, 0.3) is 0 Å². The monoisotopic (exact) mass is 290 g/mol. The Balaban J connectivity index is 2.07. The van der Waals surface area contributed by atoms with E-state index < -0.39 is 11.4 Å². The van der Waals surface area contributed by atoms with Gasteiger partial charge < -0.3 is 16.2 Å². The smallest absolute Gasteiger partial charge is 0.251 e. The van der Waals surface area contributed by atoms with Crippen molar-refractivity contribution in [3.63, 3.8) is 0 Å². The third-order valence-corrected chi connectivity index (χ3v) is 4.34. The number of hydrogen-bond acceptors (Lipinski definition) is 3. The van der Waals surface area contributed by atoms with Crippen LogP contribution in [0, 0.1) is 5.92 Å². The van der Waals surface area contributed by atoms with Crippen LogP contribution in [0.1, 0.15) is 53.3 Å². The van der Waals surface area contributed by atoms with Crippen LogP contribution >= 0.6 is 0 Å². The van der Waals surface area contributed by atoms with Gasteiger partial charge in [0.25, 0.3) is 5.91 Å². The third-order valence-electron chi connectivity index (χ3n) is 4.34. The lowest BCUT2D eigenvalue weighted by molar-refractivity contribution is 0.0717. The van der Waals surface area contributed by atoms with Crippen LogP contribution in [-0.2, 0) is 0 Å². The molecule has 0 aromatic heterocycles. The van der Waals surface area contributed by atoms with E-state index in [-0.39, 0.29) is 12.5 Å². The zero-order valence-electron chi connectivity index (χ0n) is 12.3. The first kappa shape index (κ1) is 15.5. The minimum atomic E-state index is -0.522. The van der Waals surface area contributed by atoms with Gasteiger partial charge in [0.15, 0.2) is 0 Å². The number of primary amides is 1. The topological polar surface area (TPSA) is 92.4 Å². The van der Waals surface area contributed by atoms with E-state index in [1.807, 2.05) is 0 Å². The summed E-state index contributed by atoms with van der Waals surface area (Å²) in [6.07, 6.45) is 3.58. The number of carbonyl (C=O) groups excluding carboxylic acids is 2. The summed E-state index contributed by atoms with van der Waals surface area (Å²) in [5, 5.41) is 12.6. The van der Waals surface area contributed by atoms with Gasteiger partial charge in [-0.05, 0) is 55.9 Å². The summed E-state index contributed by atoms with van der Waals surface area (Å²) in [7, 11) is 0. The van der Waals surface area contributed by atoms with Crippen LogP contribution in [0.2, 0.25) is 0 Å². The van der Waals surface area contributed by atoms with Crippen LogP contribution in [0.15, 0.2) is 24.3 Å². The molecule has 114 valence electrons. The predicted octanol–water partition coefficient (Wildman–Crippen LogP) is 1.46. The zero-order valence-corrected chi connectivity index (χ0v) is 12.3. The Morgan fingerprint density at radius 3 is 2.24 bits per heavy atom. The Kier molecular flexibility index (Phi) is 4.63. The van der Waals surface area contributed by atoms with Crippen molar-refractivity contribution in [3.05, 3.63) is 35.4 Å². The Morgan fingerprint density at radius 2 is 1.76 bits per heavy atom. The van der Waals surface area contributed by atoms with Gasteiger partial charge in [0.05, 0.1) is 12.1 Å². The average Bonchev–Trinajstić information content (AvgIpc) is 2.50. The molecule has 0 saturated heterocycles. The summed E-state index contributed by atoms with van der Waals surface area (Å²) in [5.74, 6) is -0.110. The maximum absolute atomic E-state index is 12.3. The standard InChI is InChI=1S/C16H22N2O3/c1-11-6-8-16(10-19,9-7-11)18-15(21)13-4-2-12(3-5-13)14(17)20/h2-5,11,19H,6-10H2,1H3,(H2,17,20)(H,18,21). The molecule has 0 bridgehead atoms. The van der Waals surface area contributed by atoms with Crippen LogP contribution in [0.5, 0.6) is 0 Å². The first-order valence-corrected chi connectivity index (χ1v) is 7.29. The maximum Gasteiger partial charge on any atom is 0.251 e. The molecule has 0 heterocycles. The molecule has 1 aromatic carbocycles. The molecule has 1 aromatic rings. The van der Waals surface area contributed by atoms with E-state index in [1.165, 1.54) is 12.1 Å². The van der Waals surface area contributed by atoms with Crippen molar-refractivity contribution in [3.8, 4) is 0 Å². The number of aliphatic hydroxyl groups is 1. The minimum Gasteiger partial charge on any atom is -0.394 e. The van der Waals surface area contributed by atoms with Crippen molar-refractivity contribution in [1.29, 1.82) is 0 Å².